The molecule has 0 amide bonds. The number of rotatable bonds is 8. The molecule has 0 aliphatic heterocycles. The highest BCUT2D eigenvalue weighted by atomic mass is 16.7. The van der Waals surface area contributed by atoms with Crippen molar-refractivity contribution in [3.63, 3.8) is 0 Å². The van der Waals surface area contributed by atoms with Crippen LogP contribution in [0.1, 0.15) is 30.6 Å². The zero-order valence-corrected chi connectivity index (χ0v) is 15.1. The standard InChI is InChI=1S/C20H22O6/c1-4-14(2)19(21)25-13-24-17-7-5-15(6-8-17)20(22)26-18-11-9-16(23-3)10-12-18/h5-12,14H,4,13H2,1-3H3. The molecule has 26 heavy (non-hydrogen) atoms. The molecule has 0 spiro atoms. The first-order chi connectivity index (χ1) is 12.5. The Bertz CT molecular complexity index is 721. The Labute approximate surface area is 152 Å². The maximum atomic E-state index is 12.1. The van der Waals surface area contributed by atoms with E-state index >= 15 is 0 Å². The molecule has 0 saturated carbocycles. The number of esters is 2. The zero-order valence-electron chi connectivity index (χ0n) is 15.1. The van der Waals surface area contributed by atoms with Gasteiger partial charge in [0.15, 0.2) is 0 Å². The van der Waals surface area contributed by atoms with Gasteiger partial charge in [0.25, 0.3) is 0 Å². The van der Waals surface area contributed by atoms with Crippen LogP contribution >= 0.6 is 0 Å². The fraction of sp³-hybridized carbons (Fsp3) is 0.300. The molecule has 6 nitrogen and oxygen atoms in total. The molecular weight excluding hydrogens is 336 g/mol. The molecule has 0 radical (unpaired) electrons. The lowest BCUT2D eigenvalue weighted by Crippen LogP contribution is -2.17. The van der Waals surface area contributed by atoms with E-state index in [1.807, 2.05) is 6.92 Å². The summed E-state index contributed by atoms with van der Waals surface area (Å²) in [6.07, 6.45) is 0.712. The van der Waals surface area contributed by atoms with Crippen molar-refractivity contribution in [3.8, 4) is 17.2 Å². The first kappa shape index (κ1) is 19.3. The van der Waals surface area contributed by atoms with Crippen molar-refractivity contribution in [2.24, 2.45) is 5.92 Å². The molecule has 0 fully saturated rings. The third kappa shape index (κ3) is 5.51. The second kappa shape index (κ2) is 9.46. The van der Waals surface area contributed by atoms with Gasteiger partial charge in [0.1, 0.15) is 17.2 Å². The van der Waals surface area contributed by atoms with E-state index in [2.05, 4.69) is 0 Å². The maximum Gasteiger partial charge on any atom is 0.343 e. The van der Waals surface area contributed by atoms with Crippen LogP contribution in [0.25, 0.3) is 0 Å². The van der Waals surface area contributed by atoms with Crippen molar-refractivity contribution in [1.29, 1.82) is 0 Å². The monoisotopic (exact) mass is 358 g/mol. The van der Waals surface area contributed by atoms with E-state index in [4.69, 9.17) is 18.9 Å². The Morgan fingerprint density at radius 1 is 0.923 bits per heavy atom. The van der Waals surface area contributed by atoms with Gasteiger partial charge in [-0.25, -0.2) is 4.79 Å². The Kier molecular flexibility index (Phi) is 7.02. The van der Waals surface area contributed by atoms with Crippen molar-refractivity contribution in [1.82, 2.24) is 0 Å². The number of carbonyl (C=O) groups is 2. The van der Waals surface area contributed by atoms with E-state index in [1.54, 1.807) is 62.6 Å². The van der Waals surface area contributed by atoms with Crippen LogP contribution in [0, 0.1) is 5.92 Å². The highest BCUT2D eigenvalue weighted by molar-refractivity contribution is 5.91. The molecule has 0 bridgehead atoms. The van der Waals surface area contributed by atoms with Crippen molar-refractivity contribution in [2.75, 3.05) is 13.9 Å². The molecule has 0 aliphatic rings. The van der Waals surface area contributed by atoms with E-state index < -0.39 is 5.97 Å². The summed E-state index contributed by atoms with van der Waals surface area (Å²) < 4.78 is 20.7. The van der Waals surface area contributed by atoms with Crippen LogP contribution in [0.3, 0.4) is 0 Å². The molecule has 0 heterocycles. The molecule has 2 aromatic rings. The van der Waals surface area contributed by atoms with Crippen molar-refractivity contribution in [3.05, 3.63) is 54.1 Å². The van der Waals surface area contributed by atoms with Crippen LogP contribution in [0.5, 0.6) is 17.2 Å². The fourth-order valence-corrected chi connectivity index (χ4v) is 1.96. The minimum Gasteiger partial charge on any atom is -0.497 e. The summed E-state index contributed by atoms with van der Waals surface area (Å²) in [5.41, 5.74) is 0.379. The van der Waals surface area contributed by atoms with Crippen molar-refractivity contribution < 1.29 is 28.5 Å². The third-order valence-corrected chi connectivity index (χ3v) is 3.80. The summed E-state index contributed by atoms with van der Waals surface area (Å²) in [6, 6.07) is 13.1. The summed E-state index contributed by atoms with van der Waals surface area (Å²) in [5, 5.41) is 0. The number of hydrogen-bond acceptors (Lipinski definition) is 6. The lowest BCUT2D eigenvalue weighted by Gasteiger charge is -2.10. The first-order valence-corrected chi connectivity index (χ1v) is 8.29. The number of ether oxygens (including phenoxy) is 4. The molecule has 0 N–H and O–H groups in total. The molecule has 1 unspecified atom stereocenters. The smallest absolute Gasteiger partial charge is 0.343 e. The highest BCUT2D eigenvalue weighted by Gasteiger charge is 2.12. The van der Waals surface area contributed by atoms with Crippen LogP contribution in [-0.2, 0) is 9.53 Å². The number of methoxy groups -OCH3 is 1. The van der Waals surface area contributed by atoms with E-state index in [-0.39, 0.29) is 18.7 Å². The minimum atomic E-state index is -0.482. The zero-order chi connectivity index (χ0) is 18.9. The average molecular weight is 358 g/mol. The Morgan fingerprint density at radius 3 is 2.08 bits per heavy atom. The Balaban J connectivity index is 1.85. The third-order valence-electron chi connectivity index (χ3n) is 3.80. The molecule has 2 aromatic carbocycles. The van der Waals surface area contributed by atoms with Crippen molar-refractivity contribution >= 4 is 11.9 Å². The molecule has 0 aliphatic carbocycles. The summed E-state index contributed by atoms with van der Waals surface area (Å²) in [4.78, 5) is 23.7. The largest absolute Gasteiger partial charge is 0.497 e. The fourth-order valence-electron chi connectivity index (χ4n) is 1.96. The molecule has 2 rings (SSSR count). The van der Waals surface area contributed by atoms with E-state index in [0.717, 1.165) is 0 Å². The second-order valence-electron chi connectivity index (χ2n) is 5.62. The topological polar surface area (TPSA) is 71.1 Å². The van der Waals surface area contributed by atoms with Gasteiger partial charge in [0.2, 0.25) is 6.79 Å². The van der Waals surface area contributed by atoms with Gasteiger partial charge in [0.05, 0.1) is 18.6 Å². The van der Waals surface area contributed by atoms with Gasteiger partial charge >= 0.3 is 11.9 Å². The molecule has 0 saturated heterocycles. The van der Waals surface area contributed by atoms with E-state index in [1.165, 1.54) is 0 Å². The van der Waals surface area contributed by atoms with E-state index in [9.17, 15) is 9.59 Å². The van der Waals surface area contributed by atoms with Crippen LogP contribution < -0.4 is 14.2 Å². The van der Waals surface area contributed by atoms with Crippen LogP contribution in [0.15, 0.2) is 48.5 Å². The first-order valence-electron chi connectivity index (χ1n) is 8.29. The summed E-state index contributed by atoms with van der Waals surface area (Å²) in [7, 11) is 1.57. The Hall–Kier alpha value is -3.02. The number of hydrogen-bond donors (Lipinski definition) is 0. The van der Waals surface area contributed by atoms with Crippen LogP contribution in [-0.4, -0.2) is 25.8 Å². The SMILES string of the molecule is CCC(C)C(=O)OCOc1ccc(C(=O)Oc2ccc(OC)cc2)cc1. The van der Waals surface area contributed by atoms with Gasteiger partial charge in [-0.2, -0.15) is 0 Å². The predicted octanol–water partition coefficient (Wildman–Crippen LogP) is 3.84. The van der Waals surface area contributed by atoms with Gasteiger partial charge in [-0.05, 0) is 55.0 Å². The molecule has 6 heteroatoms. The van der Waals surface area contributed by atoms with Gasteiger partial charge in [-0.3, -0.25) is 4.79 Å². The molecular formula is C20H22O6. The lowest BCUT2D eigenvalue weighted by atomic mass is 10.1. The molecule has 138 valence electrons. The molecule has 1 atom stereocenters. The van der Waals surface area contributed by atoms with Crippen LogP contribution in [0.2, 0.25) is 0 Å². The van der Waals surface area contributed by atoms with Crippen molar-refractivity contribution in [2.45, 2.75) is 20.3 Å². The molecule has 0 aromatic heterocycles. The van der Waals surface area contributed by atoms with Gasteiger partial charge in [-0.1, -0.05) is 13.8 Å². The summed E-state index contributed by atoms with van der Waals surface area (Å²) in [5.74, 6) is 0.655. The minimum absolute atomic E-state index is 0.159. The van der Waals surface area contributed by atoms with E-state index in [0.29, 0.717) is 29.2 Å². The highest BCUT2D eigenvalue weighted by Crippen LogP contribution is 2.19. The number of carbonyl (C=O) groups excluding carboxylic acids is 2. The second-order valence-corrected chi connectivity index (χ2v) is 5.62. The summed E-state index contributed by atoms with van der Waals surface area (Å²) >= 11 is 0. The predicted molar refractivity (Wildman–Crippen MR) is 95.4 cm³/mol. The van der Waals surface area contributed by atoms with Gasteiger partial charge in [-0.15, -0.1) is 0 Å². The van der Waals surface area contributed by atoms with Crippen LogP contribution in [0.4, 0.5) is 0 Å². The summed E-state index contributed by atoms with van der Waals surface area (Å²) in [6.45, 7) is 3.54. The quantitative estimate of drug-likeness (QED) is 0.406. The maximum absolute atomic E-state index is 12.1. The van der Waals surface area contributed by atoms with Gasteiger partial charge in [0, 0.05) is 0 Å². The lowest BCUT2D eigenvalue weighted by molar-refractivity contribution is -0.154. The number of benzene rings is 2. The normalized spacial score (nSPS) is 11.3. The van der Waals surface area contributed by atoms with Gasteiger partial charge < -0.3 is 18.9 Å². The average Bonchev–Trinajstić information content (AvgIpc) is 2.68. The Morgan fingerprint density at radius 2 is 1.50 bits per heavy atom.